The van der Waals surface area contributed by atoms with Crippen LogP contribution in [0.3, 0.4) is 0 Å². The summed E-state index contributed by atoms with van der Waals surface area (Å²) < 4.78 is 0. The molecular formula is C11H11NO3. The molecule has 0 spiro atoms. The summed E-state index contributed by atoms with van der Waals surface area (Å²) >= 11 is 0. The van der Waals surface area contributed by atoms with Gasteiger partial charge in [0, 0.05) is 24.1 Å². The van der Waals surface area contributed by atoms with Crippen LogP contribution in [0.1, 0.15) is 23.7 Å². The van der Waals surface area contributed by atoms with Crippen LogP contribution >= 0.6 is 0 Å². The maximum absolute atomic E-state index is 11.5. The fourth-order valence-corrected chi connectivity index (χ4v) is 1.11. The topological polar surface area (TPSA) is 60.2 Å². The molecule has 4 heteroatoms. The molecule has 0 bridgehead atoms. The molecule has 0 aliphatic rings. The molecule has 78 valence electrons. The smallest absolute Gasteiger partial charge is 0.269 e. The zero-order valence-electron chi connectivity index (χ0n) is 8.34. The predicted molar refractivity (Wildman–Crippen MR) is 56.9 cm³/mol. The van der Waals surface area contributed by atoms with Gasteiger partial charge in [-0.15, -0.1) is 0 Å². The summed E-state index contributed by atoms with van der Waals surface area (Å²) in [6, 6.07) is 5.62. The van der Waals surface area contributed by atoms with Gasteiger partial charge in [-0.05, 0) is 19.1 Å². The van der Waals surface area contributed by atoms with E-state index in [0.717, 1.165) is 0 Å². The number of nitro groups is 1. The van der Waals surface area contributed by atoms with E-state index in [1.165, 1.54) is 24.3 Å². The summed E-state index contributed by atoms with van der Waals surface area (Å²) in [4.78, 5) is 21.3. The normalized spacial score (nSPS) is 10.5. The zero-order chi connectivity index (χ0) is 11.3. The van der Waals surface area contributed by atoms with Crippen molar-refractivity contribution in [3.05, 3.63) is 52.1 Å². The average molecular weight is 205 g/mol. The maximum Gasteiger partial charge on any atom is 0.269 e. The van der Waals surface area contributed by atoms with E-state index in [0.29, 0.717) is 12.0 Å². The van der Waals surface area contributed by atoms with Crippen molar-refractivity contribution in [3.8, 4) is 0 Å². The van der Waals surface area contributed by atoms with E-state index in [4.69, 9.17) is 0 Å². The van der Waals surface area contributed by atoms with Gasteiger partial charge < -0.3 is 0 Å². The quantitative estimate of drug-likeness (QED) is 0.328. The highest BCUT2D eigenvalue weighted by Crippen LogP contribution is 2.13. The number of benzene rings is 1. The van der Waals surface area contributed by atoms with Gasteiger partial charge in [0.05, 0.1) is 4.92 Å². The number of carbonyl (C=O) groups excluding carboxylic acids is 1. The Bertz CT molecular complexity index is 393. The minimum atomic E-state index is -0.486. The SMILES string of the molecule is C/C=C/CC(=O)c1ccc([N+](=O)[O-])cc1. The summed E-state index contributed by atoms with van der Waals surface area (Å²) in [5, 5.41) is 10.4. The number of nitrogens with zero attached hydrogens (tertiary/aromatic N) is 1. The molecule has 15 heavy (non-hydrogen) atoms. The molecule has 0 radical (unpaired) electrons. The number of non-ortho nitro benzene ring substituents is 1. The van der Waals surface area contributed by atoms with Crippen molar-refractivity contribution in [3.63, 3.8) is 0 Å². The lowest BCUT2D eigenvalue weighted by Crippen LogP contribution is -1.97. The second kappa shape index (κ2) is 5.05. The van der Waals surface area contributed by atoms with Crippen LogP contribution in [0.4, 0.5) is 5.69 Å². The van der Waals surface area contributed by atoms with Crippen LogP contribution < -0.4 is 0 Å². The first kappa shape index (κ1) is 11.1. The number of Topliss-reactive ketones (excluding diaryl/α,β-unsaturated/α-hetero) is 1. The van der Waals surface area contributed by atoms with Crippen LogP contribution in [0.5, 0.6) is 0 Å². The molecule has 0 amide bonds. The number of rotatable bonds is 4. The van der Waals surface area contributed by atoms with Gasteiger partial charge in [-0.1, -0.05) is 12.2 Å². The standard InChI is InChI=1S/C11H11NO3/c1-2-3-4-11(13)9-5-7-10(8-6-9)12(14)15/h2-3,5-8H,4H2,1H3/b3-2+. The molecule has 0 aliphatic heterocycles. The Labute approximate surface area is 87.4 Å². The summed E-state index contributed by atoms with van der Waals surface area (Å²) in [6.45, 7) is 1.84. The van der Waals surface area contributed by atoms with Gasteiger partial charge in [-0.3, -0.25) is 14.9 Å². The molecule has 0 heterocycles. The van der Waals surface area contributed by atoms with Crippen LogP contribution in [0.25, 0.3) is 0 Å². The molecule has 0 saturated carbocycles. The Kier molecular flexibility index (Phi) is 3.74. The van der Waals surface area contributed by atoms with Crippen LogP contribution in [-0.2, 0) is 0 Å². The highest BCUT2D eigenvalue weighted by molar-refractivity contribution is 5.97. The summed E-state index contributed by atoms with van der Waals surface area (Å²) in [7, 11) is 0. The third-order valence-corrected chi connectivity index (χ3v) is 1.94. The lowest BCUT2D eigenvalue weighted by Gasteiger charge is -1.96. The van der Waals surface area contributed by atoms with E-state index in [2.05, 4.69) is 0 Å². The monoisotopic (exact) mass is 205 g/mol. The summed E-state index contributed by atoms with van der Waals surface area (Å²) in [5.41, 5.74) is 0.497. The molecule has 0 unspecified atom stereocenters. The highest BCUT2D eigenvalue weighted by Gasteiger charge is 2.07. The first-order chi connectivity index (χ1) is 7.15. The van der Waals surface area contributed by atoms with Crippen LogP contribution in [0.15, 0.2) is 36.4 Å². The van der Waals surface area contributed by atoms with Gasteiger partial charge in [0.15, 0.2) is 5.78 Å². The van der Waals surface area contributed by atoms with Crippen LogP contribution in [0.2, 0.25) is 0 Å². The van der Waals surface area contributed by atoms with Crippen molar-refractivity contribution < 1.29 is 9.72 Å². The largest absolute Gasteiger partial charge is 0.294 e. The van der Waals surface area contributed by atoms with Gasteiger partial charge in [0.1, 0.15) is 0 Å². The number of allylic oxidation sites excluding steroid dienone is 2. The molecule has 1 aromatic rings. The van der Waals surface area contributed by atoms with E-state index < -0.39 is 4.92 Å². The van der Waals surface area contributed by atoms with Gasteiger partial charge in [0.2, 0.25) is 0 Å². The molecule has 0 N–H and O–H groups in total. The van der Waals surface area contributed by atoms with E-state index >= 15 is 0 Å². The maximum atomic E-state index is 11.5. The fraction of sp³-hybridized carbons (Fsp3) is 0.182. The summed E-state index contributed by atoms with van der Waals surface area (Å²) in [6.07, 6.45) is 3.88. The first-order valence-electron chi connectivity index (χ1n) is 4.54. The minimum Gasteiger partial charge on any atom is -0.294 e. The Morgan fingerprint density at radius 3 is 2.47 bits per heavy atom. The molecular weight excluding hydrogens is 194 g/mol. The summed E-state index contributed by atoms with van der Waals surface area (Å²) in [5.74, 6) is -0.0389. The Morgan fingerprint density at radius 2 is 2.00 bits per heavy atom. The number of hydrogen-bond acceptors (Lipinski definition) is 3. The second-order valence-corrected chi connectivity index (χ2v) is 3.00. The molecule has 0 aromatic heterocycles. The van der Waals surface area contributed by atoms with Crippen molar-refractivity contribution in [1.29, 1.82) is 0 Å². The fourth-order valence-electron chi connectivity index (χ4n) is 1.11. The van der Waals surface area contributed by atoms with Crippen molar-refractivity contribution in [2.24, 2.45) is 0 Å². The second-order valence-electron chi connectivity index (χ2n) is 3.00. The minimum absolute atomic E-state index is 0.00224. The predicted octanol–water partition coefficient (Wildman–Crippen LogP) is 2.74. The molecule has 0 aliphatic carbocycles. The number of carbonyl (C=O) groups is 1. The van der Waals surface area contributed by atoms with Gasteiger partial charge in [-0.2, -0.15) is 0 Å². The van der Waals surface area contributed by atoms with Crippen molar-refractivity contribution in [2.45, 2.75) is 13.3 Å². The molecule has 4 nitrogen and oxygen atoms in total. The van der Waals surface area contributed by atoms with Crippen molar-refractivity contribution in [1.82, 2.24) is 0 Å². The van der Waals surface area contributed by atoms with E-state index in [1.54, 1.807) is 12.2 Å². The lowest BCUT2D eigenvalue weighted by atomic mass is 10.1. The van der Waals surface area contributed by atoms with Crippen molar-refractivity contribution >= 4 is 11.5 Å². The van der Waals surface area contributed by atoms with Crippen molar-refractivity contribution in [2.75, 3.05) is 0 Å². The van der Waals surface area contributed by atoms with E-state index in [9.17, 15) is 14.9 Å². The first-order valence-corrected chi connectivity index (χ1v) is 4.54. The number of hydrogen-bond donors (Lipinski definition) is 0. The third kappa shape index (κ3) is 3.02. The number of ketones is 1. The van der Waals surface area contributed by atoms with Crippen LogP contribution in [-0.4, -0.2) is 10.7 Å². The van der Waals surface area contributed by atoms with Gasteiger partial charge >= 0.3 is 0 Å². The molecule has 0 fully saturated rings. The molecule has 0 atom stereocenters. The molecule has 1 rings (SSSR count). The molecule has 0 saturated heterocycles. The third-order valence-electron chi connectivity index (χ3n) is 1.94. The Hall–Kier alpha value is -1.97. The van der Waals surface area contributed by atoms with Gasteiger partial charge in [0.25, 0.3) is 5.69 Å². The van der Waals surface area contributed by atoms with E-state index in [1.807, 2.05) is 6.92 Å². The Balaban J connectivity index is 2.80. The number of nitro benzene ring substituents is 1. The average Bonchev–Trinajstić information content (AvgIpc) is 2.26. The van der Waals surface area contributed by atoms with Crippen LogP contribution in [0, 0.1) is 10.1 Å². The lowest BCUT2D eigenvalue weighted by molar-refractivity contribution is -0.384. The van der Waals surface area contributed by atoms with Gasteiger partial charge in [-0.25, -0.2) is 0 Å². The molecule has 1 aromatic carbocycles. The van der Waals surface area contributed by atoms with E-state index in [-0.39, 0.29) is 11.5 Å². The Morgan fingerprint density at radius 1 is 1.40 bits per heavy atom. The highest BCUT2D eigenvalue weighted by atomic mass is 16.6. The zero-order valence-corrected chi connectivity index (χ0v) is 8.34.